The van der Waals surface area contributed by atoms with E-state index in [1.165, 1.54) is 18.2 Å². The predicted octanol–water partition coefficient (Wildman–Crippen LogP) is 2.13. The molecule has 0 amide bonds. The molecule has 0 unspecified atom stereocenters. The van der Waals surface area contributed by atoms with Crippen LogP contribution in [0.25, 0.3) is 6.08 Å². The van der Waals surface area contributed by atoms with Gasteiger partial charge in [0.05, 0.1) is 11.0 Å². The van der Waals surface area contributed by atoms with E-state index < -0.39 is 26.9 Å². The first kappa shape index (κ1) is 17.2. The topological polar surface area (TPSA) is 80.7 Å². The van der Waals surface area contributed by atoms with Crippen molar-refractivity contribution in [2.75, 3.05) is 12.4 Å². The zero-order valence-corrected chi connectivity index (χ0v) is 12.6. The molecular weight excluding hydrogens is 299 g/mol. The molecule has 1 aromatic carbocycles. The van der Waals surface area contributed by atoms with Crippen LogP contribution in [-0.4, -0.2) is 37.1 Å². The molecule has 0 aliphatic carbocycles. The number of hydrogen-bond acceptors (Lipinski definition) is 4. The standard InChI is InChI=1S/C14H17FO5S/c1-10(2)21(18,19)9-8-20-14-11(6-7-13(16)17)4-3-5-12(14)15/h3-7,10H,8-9H2,1-2H3,(H,16,17)/b7-6+. The van der Waals surface area contributed by atoms with E-state index in [0.717, 1.165) is 12.1 Å². The van der Waals surface area contributed by atoms with Crippen LogP contribution in [0.5, 0.6) is 5.75 Å². The molecule has 0 aliphatic rings. The Labute approximate surface area is 123 Å². The van der Waals surface area contributed by atoms with Crippen molar-refractivity contribution < 1.29 is 27.4 Å². The number of aliphatic carboxylic acids is 1. The maximum atomic E-state index is 13.7. The van der Waals surface area contributed by atoms with E-state index in [0.29, 0.717) is 0 Å². The van der Waals surface area contributed by atoms with Crippen molar-refractivity contribution in [1.29, 1.82) is 0 Å². The van der Waals surface area contributed by atoms with Crippen LogP contribution in [0.2, 0.25) is 0 Å². The third-order valence-corrected chi connectivity index (χ3v) is 4.91. The smallest absolute Gasteiger partial charge is 0.328 e. The van der Waals surface area contributed by atoms with Gasteiger partial charge in [-0.05, 0) is 26.0 Å². The highest BCUT2D eigenvalue weighted by Crippen LogP contribution is 2.24. The normalized spacial score (nSPS) is 12.0. The summed E-state index contributed by atoms with van der Waals surface area (Å²) in [5.41, 5.74) is 0.236. The van der Waals surface area contributed by atoms with Crippen LogP contribution < -0.4 is 4.74 Å². The van der Waals surface area contributed by atoms with Crippen LogP contribution >= 0.6 is 0 Å². The molecule has 0 heterocycles. The van der Waals surface area contributed by atoms with Gasteiger partial charge in [0.2, 0.25) is 0 Å². The lowest BCUT2D eigenvalue weighted by molar-refractivity contribution is -0.131. The molecule has 0 saturated heterocycles. The molecule has 0 aliphatic heterocycles. The van der Waals surface area contributed by atoms with E-state index in [2.05, 4.69) is 0 Å². The zero-order valence-electron chi connectivity index (χ0n) is 11.7. The van der Waals surface area contributed by atoms with Crippen molar-refractivity contribution in [3.63, 3.8) is 0 Å². The Kier molecular flexibility index (Phi) is 5.90. The third-order valence-electron chi connectivity index (χ3n) is 2.74. The van der Waals surface area contributed by atoms with Crippen molar-refractivity contribution in [3.8, 4) is 5.75 Å². The van der Waals surface area contributed by atoms with Crippen LogP contribution in [-0.2, 0) is 14.6 Å². The minimum Gasteiger partial charge on any atom is -0.489 e. The Morgan fingerprint density at radius 2 is 2.10 bits per heavy atom. The van der Waals surface area contributed by atoms with E-state index in [-0.39, 0.29) is 23.7 Å². The first-order valence-corrected chi connectivity index (χ1v) is 7.99. The van der Waals surface area contributed by atoms with Gasteiger partial charge in [-0.2, -0.15) is 0 Å². The number of benzene rings is 1. The van der Waals surface area contributed by atoms with Crippen LogP contribution in [0.3, 0.4) is 0 Å². The summed E-state index contributed by atoms with van der Waals surface area (Å²) < 4.78 is 42.2. The lowest BCUT2D eigenvalue weighted by Crippen LogP contribution is -2.22. The fourth-order valence-electron chi connectivity index (χ4n) is 1.47. The molecule has 1 aromatic rings. The Balaban J connectivity index is 2.86. The van der Waals surface area contributed by atoms with Gasteiger partial charge in [-0.1, -0.05) is 12.1 Å². The maximum Gasteiger partial charge on any atom is 0.328 e. The molecule has 0 atom stereocenters. The van der Waals surface area contributed by atoms with Crippen molar-refractivity contribution in [1.82, 2.24) is 0 Å². The average molecular weight is 316 g/mol. The Hall–Kier alpha value is -1.89. The molecule has 1 N–H and O–H groups in total. The van der Waals surface area contributed by atoms with Gasteiger partial charge in [0, 0.05) is 11.6 Å². The van der Waals surface area contributed by atoms with Gasteiger partial charge in [-0.3, -0.25) is 0 Å². The van der Waals surface area contributed by atoms with E-state index in [1.807, 2.05) is 0 Å². The SMILES string of the molecule is CC(C)S(=O)(=O)CCOc1c(F)cccc1/C=C/C(=O)O. The van der Waals surface area contributed by atoms with Crippen LogP contribution in [0, 0.1) is 5.82 Å². The van der Waals surface area contributed by atoms with Crippen LogP contribution in [0.15, 0.2) is 24.3 Å². The van der Waals surface area contributed by atoms with Crippen LogP contribution in [0.4, 0.5) is 4.39 Å². The van der Waals surface area contributed by atoms with E-state index in [1.54, 1.807) is 13.8 Å². The quantitative estimate of drug-likeness (QED) is 0.779. The van der Waals surface area contributed by atoms with Gasteiger partial charge < -0.3 is 9.84 Å². The molecule has 0 fully saturated rings. The average Bonchev–Trinajstić information content (AvgIpc) is 2.38. The second-order valence-electron chi connectivity index (χ2n) is 4.59. The van der Waals surface area contributed by atoms with Gasteiger partial charge in [0.15, 0.2) is 21.4 Å². The van der Waals surface area contributed by atoms with Crippen molar-refractivity contribution in [3.05, 3.63) is 35.7 Å². The monoisotopic (exact) mass is 316 g/mol. The molecule has 0 radical (unpaired) electrons. The number of carboxylic acid groups (broad SMARTS) is 1. The number of sulfone groups is 1. The van der Waals surface area contributed by atoms with E-state index in [9.17, 15) is 17.6 Å². The fraction of sp³-hybridized carbons (Fsp3) is 0.357. The number of hydrogen-bond donors (Lipinski definition) is 1. The minimum atomic E-state index is -3.28. The molecule has 0 aromatic heterocycles. The fourth-order valence-corrected chi connectivity index (χ4v) is 2.25. The lowest BCUT2D eigenvalue weighted by atomic mass is 10.2. The first-order valence-electron chi connectivity index (χ1n) is 6.28. The zero-order chi connectivity index (χ0) is 16.0. The number of para-hydroxylation sites is 1. The number of rotatable bonds is 7. The molecule has 0 bridgehead atoms. The number of ether oxygens (including phenoxy) is 1. The molecule has 5 nitrogen and oxygen atoms in total. The van der Waals surface area contributed by atoms with Crippen molar-refractivity contribution >= 4 is 21.9 Å². The summed E-state index contributed by atoms with van der Waals surface area (Å²) in [6.07, 6.45) is 2.05. The Bertz CT molecular complexity index is 635. The molecule has 0 saturated carbocycles. The van der Waals surface area contributed by atoms with Gasteiger partial charge in [-0.25, -0.2) is 17.6 Å². The molecule has 0 spiro atoms. The highest BCUT2D eigenvalue weighted by Gasteiger charge is 2.17. The summed E-state index contributed by atoms with van der Waals surface area (Å²) in [6.45, 7) is 2.91. The first-order chi connectivity index (χ1) is 9.74. The predicted molar refractivity (Wildman–Crippen MR) is 77.5 cm³/mol. The van der Waals surface area contributed by atoms with Gasteiger partial charge in [0.1, 0.15) is 6.61 Å². The molecule has 21 heavy (non-hydrogen) atoms. The van der Waals surface area contributed by atoms with Gasteiger partial charge >= 0.3 is 5.97 Å². The molecule has 116 valence electrons. The Morgan fingerprint density at radius 3 is 2.67 bits per heavy atom. The molecule has 7 heteroatoms. The molecular formula is C14H17FO5S. The maximum absolute atomic E-state index is 13.7. The summed E-state index contributed by atoms with van der Waals surface area (Å²) in [5.74, 6) is -2.24. The summed E-state index contributed by atoms with van der Waals surface area (Å²) in [6, 6.07) is 4.05. The molecule has 1 rings (SSSR count). The summed E-state index contributed by atoms with van der Waals surface area (Å²) in [7, 11) is -3.28. The largest absolute Gasteiger partial charge is 0.489 e. The third kappa shape index (κ3) is 5.18. The van der Waals surface area contributed by atoms with Gasteiger partial charge in [-0.15, -0.1) is 0 Å². The highest BCUT2D eigenvalue weighted by molar-refractivity contribution is 7.91. The van der Waals surface area contributed by atoms with E-state index >= 15 is 0 Å². The van der Waals surface area contributed by atoms with Crippen molar-refractivity contribution in [2.24, 2.45) is 0 Å². The summed E-state index contributed by atoms with van der Waals surface area (Å²) in [5, 5.41) is 8.04. The van der Waals surface area contributed by atoms with Crippen LogP contribution in [0.1, 0.15) is 19.4 Å². The number of carbonyl (C=O) groups is 1. The number of carboxylic acids is 1. The second kappa shape index (κ2) is 7.21. The van der Waals surface area contributed by atoms with Crippen molar-refractivity contribution in [2.45, 2.75) is 19.1 Å². The summed E-state index contributed by atoms with van der Waals surface area (Å²) in [4.78, 5) is 10.5. The minimum absolute atomic E-state index is 0.158. The second-order valence-corrected chi connectivity index (χ2v) is 7.27. The lowest BCUT2D eigenvalue weighted by Gasteiger charge is -2.12. The van der Waals surface area contributed by atoms with Gasteiger partial charge in [0.25, 0.3) is 0 Å². The number of halogens is 1. The van der Waals surface area contributed by atoms with E-state index in [4.69, 9.17) is 9.84 Å². The Morgan fingerprint density at radius 1 is 1.43 bits per heavy atom. The summed E-state index contributed by atoms with van der Waals surface area (Å²) >= 11 is 0. The highest BCUT2D eigenvalue weighted by atomic mass is 32.2.